The maximum Gasteiger partial charge on any atom is 0.313 e. The highest BCUT2D eigenvalue weighted by atomic mass is 16.5. The maximum absolute atomic E-state index is 11.3. The molecule has 4 nitrogen and oxygen atoms in total. The van der Waals surface area contributed by atoms with Gasteiger partial charge in [0.25, 0.3) is 5.69 Å². The Bertz CT molecular complexity index is 606. The van der Waals surface area contributed by atoms with Crippen LogP contribution in [0.15, 0.2) is 47.5 Å². The summed E-state index contributed by atoms with van der Waals surface area (Å²) < 4.78 is 0.453. The van der Waals surface area contributed by atoms with Crippen molar-refractivity contribution in [3.05, 3.63) is 69.5 Å². The van der Waals surface area contributed by atoms with E-state index in [1.54, 1.807) is 0 Å². The van der Waals surface area contributed by atoms with Gasteiger partial charge in [0.1, 0.15) is 0 Å². The lowest BCUT2D eigenvalue weighted by Gasteiger charge is -1.95. The zero-order chi connectivity index (χ0) is 11.4. The normalized spacial score (nSPS) is 9.25. The van der Waals surface area contributed by atoms with E-state index in [4.69, 9.17) is 0 Å². The fourth-order valence-electron chi connectivity index (χ4n) is 1.17. The van der Waals surface area contributed by atoms with Crippen LogP contribution in [0.3, 0.4) is 0 Å². The van der Waals surface area contributed by atoms with Crippen LogP contribution in [0, 0.1) is 17.0 Å². The summed E-state index contributed by atoms with van der Waals surface area (Å²) in [5.41, 5.74) is 0.581. The van der Waals surface area contributed by atoms with Crippen molar-refractivity contribution in [3.63, 3.8) is 0 Å². The molecular weight excluding hydrogens is 204 g/mol. The third-order valence-electron chi connectivity index (χ3n) is 1.93. The van der Waals surface area contributed by atoms with Gasteiger partial charge in [-0.1, -0.05) is 24.1 Å². The minimum Gasteiger partial charge on any atom is -0.618 e. The summed E-state index contributed by atoms with van der Waals surface area (Å²) in [4.78, 5) is 13.2. The molecule has 16 heavy (non-hydrogen) atoms. The minimum absolute atomic E-state index is 0.212. The van der Waals surface area contributed by atoms with E-state index in [-0.39, 0.29) is 5.69 Å². The first-order chi connectivity index (χ1) is 7.75. The van der Waals surface area contributed by atoms with Gasteiger partial charge in [-0.25, -0.2) is 0 Å². The van der Waals surface area contributed by atoms with Crippen LogP contribution in [0.5, 0.6) is 0 Å². The second-order valence-electron chi connectivity index (χ2n) is 3.11. The molecule has 0 aliphatic rings. The molecule has 0 aliphatic heterocycles. The Morgan fingerprint density at radius 2 is 1.94 bits per heavy atom. The summed E-state index contributed by atoms with van der Waals surface area (Å²) >= 11 is 0. The first-order valence-electron chi connectivity index (χ1n) is 4.65. The molecule has 0 unspecified atom stereocenters. The highest BCUT2D eigenvalue weighted by Crippen LogP contribution is 1.95. The lowest BCUT2D eigenvalue weighted by molar-refractivity contribution is -0.609. The first-order valence-corrected chi connectivity index (χ1v) is 4.65. The Kier molecular flexibility index (Phi) is 2.70. The van der Waals surface area contributed by atoms with Crippen LogP contribution in [0.25, 0.3) is 0 Å². The molecule has 0 atom stereocenters. The molecule has 0 saturated heterocycles. The number of aromatic nitrogens is 2. The average Bonchev–Trinajstić information content (AvgIpc) is 2.29. The Hall–Kier alpha value is -2.54. The monoisotopic (exact) mass is 212 g/mol. The van der Waals surface area contributed by atoms with Crippen LogP contribution < -0.4 is 10.3 Å². The van der Waals surface area contributed by atoms with Gasteiger partial charge in [0.15, 0.2) is 0 Å². The number of rotatable bonds is 0. The van der Waals surface area contributed by atoms with Crippen LogP contribution in [-0.4, -0.2) is 4.98 Å². The van der Waals surface area contributed by atoms with Gasteiger partial charge >= 0.3 is 5.56 Å². The molecule has 0 spiro atoms. The molecule has 0 bridgehead atoms. The zero-order valence-corrected chi connectivity index (χ0v) is 8.31. The predicted octanol–water partition coefficient (Wildman–Crippen LogP) is 0.408. The molecule has 2 aromatic rings. The van der Waals surface area contributed by atoms with Crippen LogP contribution in [0.2, 0.25) is 0 Å². The molecule has 2 rings (SSSR count). The van der Waals surface area contributed by atoms with Crippen LogP contribution in [-0.2, 0) is 0 Å². The summed E-state index contributed by atoms with van der Waals surface area (Å²) in [6.07, 6.45) is 2.21. The zero-order valence-electron chi connectivity index (χ0n) is 8.31. The highest BCUT2D eigenvalue weighted by molar-refractivity contribution is 5.37. The Labute approximate surface area is 91.8 Å². The molecule has 78 valence electrons. The van der Waals surface area contributed by atoms with Crippen molar-refractivity contribution in [1.29, 1.82) is 0 Å². The van der Waals surface area contributed by atoms with Gasteiger partial charge in [0.05, 0.1) is 6.20 Å². The summed E-state index contributed by atoms with van der Waals surface area (Å²) in [5, 5.41) is 11.3. The van der Waals surface area contributed by atoms with Gasteiger partial charge in [-0.15, -0.1) is 0 Å². The largest absolute Gasteiger partial charge is 0.618 e. The van der Waals surface area contributed by atoms with Gasteiger partial charge < -0.3 is 10.2 Å². The van der Waals surface area contributed by atoms with Crippen molar-refractivity contribution in [2.24, 2.45) is 0 Å². The third kappa shape index (κ3) is 2.28. The van der Waals surface area contributed by atoms with Gasteiger partial charge in [0, 0.05) is 11.5 Å². The van der Waals surface area contributed by atoms with E-state index in [0.29, 0.717) is 4.73 Å². The smallest absolute Gasteiger partial charge is 0.313 e. The fraction of sp³-hybridized carbons (Fsp3) is 0. The molecule has 4 heteroatoms. The van der Waals surface area contributed by atoms with Crippen LogP contribution >= 0.6 is 0 Å². The second-order valence-corrected chi connectivity index (χ2v) is 3.11. The quantitative estimate of drug-likeness (QED) is 0.390. The topological polar surface area (TPSA) is 59.8 Å². The summed E-state index contributed by atoms with van der Waals surface area (Å²) in [6.45, 7) is 0. The average molecular weight is 212 g/mol. The standard InChI is InChI=1S/C12H8N2O2/c15-12-9-14(16)11(8-13-12)7-6-10-4-2-1-3-5-10/h1-5,8-9H,(H,13,15). The number of aromatic amines is 1. The summed E-state index contributed by atoms with van der Waals surface area (Å²) in [6, 6.07) is 9.30. The molecule has 0 saturated carbocycles. The van der Waals surface area contributed by atoms with Gasteiger partial charge in [-0.05, 0) is 12.1 Å². The third-order valence-corrected chi connectivity index (χ3v) is 1.93. The highest BCUT2D eigenvalue weighted by Gasteiger charge is 2.00. The molecule has 0 aliphatic carbocycles. The molecular formula is C12H8N2O2. The molecule has 1 aromatic carbocycles. The SMILES string of the molecule is O=c1c[n+]([O-])c(C#Cc2ccccc2)c[nH]1. The van der Waals surface area contributed by atoms with E-state index in [1.807, 2.05) is 30.3 Å². The van der Waals surface area contributed by atoms with Crippen molar-refractivity contribution in [2.45, 2.75) is 0 Å². The summed E-state index contributed by atoms with van der Waals surface area (Å²) in [7, 11) is 0. The van der Waals surface area contributed by atoms with Gasteiger partial charge in [0.2, 0.25) is 6.20 Å². The molecule has 0 radical (unpaired) electrons. The Morgan fingerprint density at radius 1 is 1.19 bits per heavy atom. The van der Waals surface area contributed by atoms with E-state index in [9.17, 15) is 10.0 Å². The molecule has 1 aromatic heterocycles. The summed E-state index contributed by atoms with van der Waals surface area (Å²) in [5.74, 6) is 5.52. The van der Waals surface area contributed by atoms with Crippen molar-refractivity contribution in [1.82, 2.24) is 4.98 Å². The number of nitrogens with zero attached hydrogens (tertiary/aromatic N) is 1. The Morgan fingerprint density at radius 3 is 2.62 bits per heavy atom. The molecule has 0 amide bonds. The minimum atomic E-state index is -0.444. The molecule has 0 fully saturated rings. The van der Waals surface area contributed by atoms with Crippen molar-refractivity contribution >= 4 is 0 Å². The Balaban J connectivity index is 2.35. The van der Waals surface area contributed by atoms with E-state index < -0.39 is 5.56 Å². The number of H-pyrrole nitrogens is 1. The maximum atomic E-state index is 11.3. The number of nitrogens with one attached hydrogen (secondary N) is 1. The van der Waals surface area contributed by atoms with Crippen molar-refractivity contribution in [3.8, 4) is 11.8 Å². The van der Waals surface area contributed by atoms with Crippen molar-refractivity contribution < 1.29 is 4.73 Å². The van der Waals surface area contributed by atoms with Gasteiger partial charge in [-0.3, -0.25) is 4.79 Å². The van der Waals surface area contributed by atoms with E-state index in [1.165, 1.54) is 6.20 Å². The van der Waals surface area contributed by atoms with Crippen LogP contribution in [0.4, 0.5) is 0 Å². The lowest BCUT2D eigenvalue weighted by atomic mass is 10.2. The second kappa shape index (κ2) is 4.32. The van der Waals surface area contributed by atoms with E-state index in [0.717, 1.165) is 11.8 Å². The van der Waals surface area contributed by atoms with E-state index in [2.05, 4.69) is 16.8 Å². The van der Waals surface area contributed by atoms with E-state index >= 15 is 0 Å². The number of hydrogen-bond donors (Lipinski definition) is 1. The first kappa shape index (κ1) is 9.99. The lowest BCUT2D eigenvalue weighted by Crippen LogP contribution is -2.35. The predicted molar refractivity (Wildman–Crippen MR) is 58.4 cm³/mol. The van der Waals surface area contributed by atoms with Gasteiger partial charge in [-0.2, -0.15) is 4.73 Å². The number of hydrogen-bond acceptors (Lipinski definition) is 2. The van der Waals surface area contributed by atoms with Crippen molar-refractivity contribution in [2.75, 3.05) is 0 Å². The molecule has 1 heterocycles. The fourth-order valence-corrected chi connectivity index (χ4v) is 1.17. The van der Waals surface area contributed by atoms with Crippen LogP contribution in [0.1, 0.15) is 11.3 Å². The number of benzene rings is 1. The molecule has 1 N–H and O–H groups in total.